The number of benzene rings is 7. The standard InChI is InChI=1S/C38H18Se4/c1-3-39-33-13-25-9-23-11-29-31-17-38-32(18-37(31)41-35(29)15-27(23)7-21(25)5-19(1)33)30-12-24-10-26-14-34-20(2-4-40-34)6-22(26)8-28(24)16-36(30)42-38/h1-18H. The number of hydrogen-bond donors (Lipinski definition) is 0. The van der Waals surface area contributed by atoms with Crippen LogP contribution in [0.5, 0.6) is 0 Å². The van der Waals surface area contributed by atoms with E-state index in [-0.39, 0.29) is 0 Å². The molecule has 0 aliphatic heterocycles. The van der Waals surface area contributed by atoms with Crippen LogP contribution in [0.25, 0.3) is 101 Å². The summed E-state index contributed by atoms with van der Waals surface area (Å²) >= 11 is 1.64. The number of fused-ring (bicyclic) bond motifs is 12. The van der Waals surface area contributed by atoms with Crippen LogP contribution in [0.1, 0.15) is 0 Å². The summed E-state index contributed by atoms with van der Waals surface area (Å²) in [7, 11) is 0. The summed E-state index contributed by atoms with van der Waals surface area (Å²) in [6.07, 6.45) is 0. The summed E-state index contributed by atoms with van der Waals surface area (Å²) in [6, 6.07) is 39.0. The first kappa shape index (κ1) is 23.6. The maximum absolute atomic E-state index is 2.56. The van der Waals surface area contributed by atoms with Crippen molar-refractivity contribution in [2.75, 3.05) is 0 Å². The minimum atomic E-state index is 0.338. The summed E-state index contributed by atoms with van der Waals surface area (Å²) in [5, 5.41) is 19.8. The molecule has 0 amide bonds. The molecule has 0 saturated carbocycles. The van der Waals surface area contributed by atoms with Gasteiger partial charge in [0.25, 0.3) is 0 Å². The molecule has 42 heavy (non-hydrogen) atoms. The zero-order chi connectivity index (χ0) is 27.1. The number of hydrogen-bond acceptors (Lipinski definition) is 0. The molecule has 0 spiro atoms. The summed E-state index contributed by atoms with van der Waals surface area (Å²) in [6.45, 7) is 0. The van der Waals surface area contributed by atoms with E-state index in [2.05, 4.69) is 107 Å². The summed E-state index contributed by atoms with van der Waals surface area (Å²) in [5.74, 6) is 0. The molecule has 0 aliphatic carbocycles. The molecule has 0 radical (unpaired) electrons. The van der Waals surface area contributed by atoms with E-state index in [0.717, 1.165) is 0 Å². The quantitative estimate of drug-likeness (QED) is 0.106. The molecule has 7 aromatic carbocycles. The second-order valence-electron chi connectivity index (χ2n) is 11.5. The molecule has 0 nitrogen and oxygen atoms in total. The van der Waals surface area contributed by atoms with E-state index in [1.54, 1.807) is 17.0 Å². The maximum atomic E-state index is 2.56. The average Bonchev–Trinajstić information content (AvgIpc) is 3.78. The van der Waals surface area contributed by atoms with Gasteiger partial charge in [0.05, 0.1) is 0 Å². The van der Waals surface area contributed by atoms with Gasteiger partial charge in [0.1, 0.15) is 0 Å². The Labute approximate surface area is 263 Å². The Morgan fingerprint density at radius 1 is 0.262 bits per heavy atom. The van der Waals surface area contributed by atoms with Crippen molar-refractivity contribution in [3.05, 3.63) is 107 Å². The second-order valence-corrected chi connectivity index (χ2v) is 20.0. The average molecular weight is 790 g/mol. The van der Waals surface area contributed by atoms with Crippen LogP contribution in [0.3, 0.4) is 0 Å². The molecule has 0 unspecified atom stereocenters. The Morgan fingerprint density at radius 3 is 1.02 bits per heavy atom. The summed E-state index contributed by atoms with van der Waals surface area (Å²) < 4.78 is 9.22. The van der Waals surface area contributed by atoms with Crippen LogP contribution >= 0.6 is 0 Å². The molecular weight excluding hydrogens is 772 g/mol. The van der Waals surface area contributed by atoms with Crippen LogP contribution < -0.4 is 0 Å². The fraction of sp³-hybridized carbons (Fsp3) is 0. The fourth-order valence-corrected chi connectivity index (χ4v) is 15.3. The third kappa shape index (κ3) is 3.31. The van der Waals surface area contributed by atoms with Gasteiger partial charge in [0.15, 0.2) is 0 Å². The molecule has 0 fully saturated rings. The topological polar surface area (TPSA) is 0 Å². The predicted octanol–water partition coefficient (Wildman–Crippen LogP) is 9.45. The summed E-state index contributed by atoms with van der Waals surface area (Å²) in [5.41, 5.74) is 0. The van der Waals surface area contributed by atoms with Crippen molar-refractivity contribution in [3.8, 4) is 0 Å². The molecule has 4 heteroatoms. The Balaban J connectivity index is 1.15. The van der Waals surface area contributed by atoms with Crippen molar-refractivity contribution in [2.24, 2.45) is 0 Å². The molecule has 4 aromatic heterocycles. The van der Waals surface area contributed by atoms with Crippen LogP contribution in [0, 0.1) is 0 Å². The van der Waals surface area contributed by atoms with Gasteiger partial charge in [-0.1, -0.05) is 0 Å². The van der Waals surface area contributed by atoms with Crippen LogP contribution in [0.4, 0.5) is 0 Å². The zero-order valence-corrected chi connectivity index (χ0v) is 28.9. The van der Waals surface area contributed by atoms with E-state index >= 15 is 0 Å². The SMILES string of the molecule is c1cc2cc3cc4cc5[se]c6cc7c(cc6c5cc4cc3cc2[se]1)[se]c1cc2cc3cc4cc[se]c4cc3cc2cc17. The van der Waals surface area contributed by atoms with E-state index in [1.165, 1.54) is 83.9 Å². The molecule has 0 N–H and O–H groups in total. The Bertz CT molecular complexity index is 2760. The van der Waals surface area contributed by atoms with Crippen molar-refractivity contribution in [1.29, 1.82) is 0 Å². The van der Waals surface area contributed by atoms with Crippen molar-refractivity contribution >= 4 is 159 Å². The Hall–Kier alpha value is -2.86. The molecular formula is C38H18Se4. The van der Waals surface area contributed by atoms with Crippen LogP contribution in [0.2, 0.25) is 0 Å². The molecule has 194 valence electrons. The van der Waals surface area contributed by atoms with E-state index in [9.17, 15) is 0 Å². The minimum absolute atomic E-state index is 0.338. The summed E-state index contributed by atoms with van der Waals surface area (Å²) in [4.78, 5) is 4.69. The second kappa shape index (κ2) is 8.40. The third-order valence-electron chi connectivity index (χ3n) is 9.03. The van der Waals surface area contributed by atoms with E-state index in [1.807, 2.05) is 0 Å². The van der Waals surface area contributed by atoms with Gasteiger partial charge in [-0.25, -0.2) is 0 Å². The van der Waals surface area contributed by atoms with Gasteiger partial charge >= 0.3 is 266 Å². The molecule has 0 aliphatic rings. The van der Waals surface area contributed by atoms with Gasteiger partial charge in [-0.2, -0.15) is 0 Å². The van der Waals surface area contributed by atoms with E-state index in [4.69, 9.17) is 0 Å². The van der Waals surface area contributed by atoms with Gasteiger partial charge < -0.3 is 0 Å². The third-order valence-corrected chi connectivity index (χ3v) is 17.4. The molecule has 0 atom stereocenters. The Morgan fingerprint density at radius 2 is 0.571 bits per heavy atom. The van der Waals surface area contributed by atoms with Gasteiger partial charge in [-0.3, -0.25) is 0 Å². The molecule has 11 rings (SSSR count). The van der Waals surface area contributed by atoms with Gasteiger partial charge in [0.2, 0.25) is 0 Å². The molecule has 4 heterocycles. The van der Waals surface area contributed by atoms with E-state index < -0.39 is 0 Å². The van der Waals surface area contributed by atoms with Crippen molar-refractivity contribution in [1.82, 2.24) is 0 Å². The number of rotatable bonds is 0. The normalized spacial score (nSPS) is 12.8. The van der Waals surface area contributed by atoms with Crippen LogP contribution in [-0.2, 0) is 0 Å². The van der Waals surface area contributed by atoms with Crippen molar-refractivity contribution in [2.45, 2.75) is 0 Å². The molecule has 0 bridgehead atoms. The van der Waals surface area contributed by atoms with Crippen LogP contribution in [-0.4, -0.2) is 58.0 Å². The van der Waals surface area contributed by atoms with Crippen molar-refractivity contribution in [3.63, 3.8) is 0 Å². The first-order chi connectivity index (χ1) is 20.7. The fourth-order valence-electron chi connectivity index (χ4n) is 6.96. The zero-order valence-electron chi connectivity index (χ0n) is 22.0. The monoisotopic (exact) mass is 794 g/mol. The first-order valence-corrected chi connectivity index (χ1v) is 21.1. The predicted molar refractivity (Wildman–Crippen MR) is 189 cm³/mol. The first-order valence-electron chi connectivity index (χ1n) is 14.0. The van der Waals surface area contributed by atoms with E-state index in [0.29, 0.717) is 58.0 Å². The van der Waals surface area contributed by atoms with Crippen LogP contribution in [0.15, 0.2) is 107 Å². The van der Waals surface area contributed by atoms with Crippen molar-refractivity contribution < 1.29 is 0 Å². The Kier molecular flexibility index (Phi) is 4.71. The molecule has 11 aromatic rings. The van der Waals surface area contributed by atoms with Gasteiger partial charge in [-0.05, 0) is 0 Å². The molecule has 0 saturated heterocycles. The van der Waals surface area contributed by atoms with Gasteiger partial charge in [0, 0.05) is 0 Å². The van der Waals surface area contributed by atoms with Gasteiger partial charge in [-0.15, -0.1) is 0 Å².